The minimum atomic E-state index is -0.533. The van der Waals surface area contributed by atoms with Crippen molar-refractivity contribution < 1.29 is 14.3 Å². The zero-order valence-corrected chi connectivity index (χ0v) is 10.9. The number of ether oxygens (including phenoxy) is 2. The molecule has 16 heavy (non-hydrogen) atoms. The van der Waals surface area contributed by atoms with Crippen molar-refractivity contribution in [1.29, 1.82) is 0 Å². The summed E-state index contributed by atoms with van der Waals surface area (Å²) in [6, 6.07) is 10.1. The Morgan fingerprint density at radius 1 is 1.19 bits per heavy atom. The Balaban J connectivity index is 1.97. The average molecular weight is 332 g/mol. The number of alkyl halides is 1. The lowest BCUT2D eigenvalue weighted by Crippen LogP contribution is -2.36. The SMILES string of the molecule is O=C1O[C@H](Cc2ccccc2)C[C@H](CI)O1. The van der Waals surface area contributed by atoms with E-state index in [-0.39, 0.29) is 12.2 Å². The number of hydrogen-bond donors (Lipinski definition) is 0. The van der Waals surface area contributed by atoms with Crippen molar-refractivity contribution >= 4 is 28.7 Å². The van der Waals surface area contributed by atoms with Crippen molar-refractivity contribution in [2.24, 2.45) is 0 Å². The van der Waals surface area contributed by atoms with E-state index in [1.807, 2.05) is 30.3 Å². The maximum Gasteiger partial charge on any atom is 0.508 e. The van der Waals surface area contributed by atoms with E-state index in [1.54, 1.807) is 0 Å². The molecule has 0 aliphatic carbocycles. The summed E-state index contributed by atoms with van der Waals surface area (Å²) in [5, 5.41) is 0. The molecule has 0 amide bonds. The summed E-state index contributed by atoms with van der Waals surface area (Å²) in [6.45, 7) is 0. The molecule has 2 rings (SSSR count). The van der Waals surface area contributed by atoms with Crippen molar-refractivity contribution in [3.8, 4) is 0 Å². The summed E-state index contributed by atoms with van der Waals surface area (Å²) in [7, 11) is 0. The number of carbonyl (C=O) groups is 1. The normalized spacial score (nSPS) is 24.7. The highest BCUT2D eigenvalue weighted by atomic mass is 127. The van der Waals surface area contributed by atoms with Gasteiger partial charge in [0.1, 0.15) is 12.2 Å². The highest BCUT2D eigenvalue weighted by Gasteiger charge is 2.29. The summed E-state index contributed by atoms with van der Waals surface area (Å²) in [4.78, 5) is 11.2. The predicted molar refractivity (Wildman–Crippen MR) is 68.8 cm³/mol. The molecule has 0 N–H and O–H groups in total. The van der Waals surface area contributed by atoms with E-state index in [2.05, 4.69) is 22.6 Å². The number of cyclic esters (lactones) is 2. The average Bonchev–Trinajstić information content (AvgIpc) is 2.29. The number of hydrogen-bond acceptors (Lipinski definition) is 3. The molecular weight excluding hydrogens is 319 g/mol. The van der Waals surface area contributed by atoms with Gasteiger partial charge in [0.15, 0.2) is 0 Å². The molecule has 1 aromatic carbocycles. The minimum Gasteiger partial charge on any atom is -0.430 e. The molecule has 1 heterocycles. The minimum absolute atomic E-state index is 0.00411. The van der Waals surface area contributed by atoms with Crippen molar-refractivity contribution in [3.05, 3.63) is 35.9 Å². The number of halogens is 1. The van der Waals surface area contributed by atoms with Gasteiger partial charge >= 0.3 is 6.16 Å². The first kappa shape index (κ1) is 11.7. The quantitative estimate of drug-likeness (QED) is 0.485. The molecule has 0 unspecified atom stereocenters. The van der Waals surface area contributed by atoms with Crippen LogP contribution in [0, 0.1) is 0 Å². The van der Waals surface area contributed by atoms with Crippen LogP contribution in [0.4, 0.5) is 4.79 Å². The molecule has 2 atom stereocenters. The van der Waals surface area contributed by atoms with Gasteiger partial charge in [-0.2, -0.15) is 0 Å². The lowest BCUT2D eigenvalue weighted by Gasteiger charge is -2.28. The fourth-order valence-electron chi connectivity index (χ4n) is 1.79. The van der Waals surface area contributed by atoms with E-state index in [9.17, 15) is 4.79 Å². The van der Waals surface area contributed by atoms with E-state index in [4.69, 9.17) is 9.47 Å². The first-order chi connectivity index (χ1) is 7.78. The number of rotatable bonds is 3. The Morgan fingerprint density at radius 3 is 2.56 bits per heavy atom. The van der Waals surface area contributed by atoms with E-state index in [1.165, 1.54) is 5.56 Å². The highest BCUT2D eigenvalue weighted by molar-refractivity contribution is 14.1. The van der Waals surface area contributed by atoms with Crippen LogP contribution in [0.5, 0.6) is 0 Å². The van der Waals surface area contributed by atoms with Gasteiger partial charge in [0.05, 0.1) is 0 Å². The van der Waals surface area contributed by atoms with Crippen LogP contribution in [0.15, 0.2) is 30.3 Å². The Hall–Kier alpha value is -0.780. The summed E-state index contributed by atoms with van der Waals surface area (Å²) in [5.74, 6) is 0. The number of benzene rings is 1. The van der Waals surface area contributed by atoms with Crippen LogP contribution >= 0.6 is 22.6 Å². The van der Waals surface area contributed by atoms with Crippen molar-refractivity contribution in [2.45, 2.75) is 25.0 Å². The van der Waals surface area contributed by atoms with Crippen molar-refractivity contribution in [1.82, 2.24) is 0 Å². The first-order valence-corrected chi connectivity index (χ1v) is 6.77. The summed E-state index contributed by atoms with van der Waals surface area (Å²) in [5.41, 5.74) is 1.19. The Morgan fingerprint density at radius 2 is 1.88 bits per heavy atom. The van der Waals surface area contributed by atoms with Crippen LogP contribution in [0.1, 0.15) is 12.0 Å². The fraction of sp³-hybridized carbons (Fsp3) is 0.417. The van der Waals surface area contributed by atoms with Crippen molar-refractivity contribution in [2.75, 3.05) is 4.43 Å². The Bertz CT molecular complexity index is 353. The van der Waals surface area contributed by atoms with Crippen LogP contribution in [0.3, 0.4) is 0 Å². The zero-order chi connectivity index (χ0) is 11.4. The topological polar surface area (TPSA) is 35.5 Å². The van der Waals surface area contributed by atoms with Gasteiger partial charge in [-0.3, -0.25) is 0 Å². The lowest BCUT2D eigenvalue weighted by atomic mass is 10.0. The first-order valence-electron chi connectivity index (χ1n) is 5.25. The second-order valence-electron chi connectivity index (χ2n) is 3.81. The van der Waals surface area contributed by atoms with Crippen LogP contribution in [-0.4, -0.2) is 22.8 Å². The second-order valence-corrected chi connectivity index (χ2v) is 4.69. The molecule has 0 spiro atoms. The molecule has 0 saturated carbocycles. The van der Waals surface area contributed by atoms with E-state index in [0.29, 0.717) is 0 Å². The van der Waals surface area contributed by atoms with E-state index >= 15 is 0 Å². The van der Waals surface area contributed by atoms with Crippen LogP contribution in [0.2, 0.25) is 0 Å². The lowest BCUT2D eigenvalue weighted by molar-refractivity contribution is -0.0508. The predicted octanol–water partition coefficient (Wildman–Crippen LogP) is 2.96. The molecule has 86 valence electrons. The molecule has 1 aliphatic rings. The molecular formula is C12H13IO3. The molecule has 3 nitrogen and oxygen atoms in total. The van der Waals surface area contributed by atoms with Crippen LogP contribution in [-0.2, 0) is 15.9 Å². The number of carbonyl (C=O) groups excluding carboxylic acids is 1. The van der Waals surface area contributed by atoms with Gasteiger partial charge in [-0.05, 0) is 5.56 Å². The van der Waals surface area contributed by atoms with Gasteiger partial charge in [-0.25, -0.2) is 4.79 Å². The molecule has 1 aromatic rings. The van der Waals surface area contributed by atoms with Crippen LogP contribution in [0.25, 0.3) is 0 Å². The smallest absolute Gasteiger partial charge is 0.430 e. The molecule has 1 saturated heterocycles. The highest BCUT2D eigenvalue weighted by Crippen LogP contribution is 2.20. The molecule has 1 aliphatic heterocycles. The largest absolute Gasteiger partial charge is 0.508 e. The third-order valence-electron chi connectivity index (χ3n) is 2.53. The molecule has 0 radical (unpaired) electrons. The summed E-state index contributed by atoms with van der Waals surface area (Å²) < 4.78 is 11.0. The third-order valence-corrected chi connectivity index (χ3v) is 3.51. The maximum atomic E-state index is 11.2. The zero-order valence-electron chi connectivity index (χ0n) is 8.77. The van der Waals surface area contributed by atoms with Gasteiger partial charge < -0.3 is 9.47 Å². The molecule has 0 aromatic heterocycles. The molecule has 0 bridgehead atoms. The monoisotopic (exact) mass is 332 g/mol. The van der Waals surface area contributed by atoms with Gasteiger partial charge in [0.25, 0.3) is 0 Å². The van der Waals surface area contributed by atoms with Gasteiger partial charge in [-0.1, -0.05) is 52.9 Å². The summed E-state index contributed by atoms with van der Waals surface area (Å²) in [6.07, 6.45) is 0.958. The van der Waals surface area contributed by atoms with Gasteiger partial charge in [-0.15, -0.1) is 0 Å². The second kappa shape index (κ2) is 5.52. The molecule has 4 heteroatoms. The van der Waals surface area contributed by atoms with E-state index in [0.717, 1.165) is 17.3 Å². The standard InChI is InChI=1S/C12H13IO3/c13-8-11-7-10(15-12(14)16-11)6-9-4-2-1-3-5-9/h1-5,10-11H,6-8H2/t10-,11-/m1/s1. The van der Waals surface area contributed by atoms with Gasteiger partial charge in [0.2, 0.25) is 0 Å². The van der Waals surface area contributed by atoms with Crippen molar-refractivity contribution in [3.63, 3.8) is 0 Å². The third kappa shape index (κ3) is 3.10. The van der Waals surface area contributed by atoms with Crippen LogP contribution < -0.4 is 0 Å². The van der Waals surface area contributed by atoms with Gasteiger partial charge in [0, 0.05) is 17.3 Å². The Labute approximate surface area is 108 Å². The Kier molecular flexibility index (Phi) is 4.04. The maximum absolute atomic E-state index is 11.2. The summed E-state index contributed by atoms with van der Waals surface area (Å²) >= 11 is 2.23. The molecule has 1 fully saturated rings. The fourth-order valence-corrected chi connectivity index (χ4v) is 2.33. The van der Waals surface area contributed by atoms with E-state index < -0.39 is 6.16 Å².